The van der Waals surface area contributed by atoms with Crippen LogP contribution in [0.25, 0.3) is 0 Å². The maximum atomic E-state index is 4.34. The third-order valence-electron chi connectivity index (χ3n) is 4.01. The van der Waals surface area contributed by atoms with Crippen LogP contribution in [0.3, 0.4) is 0 Å². The van der Waals surface area contributed by atoms with Gasteiger partial charge in [0.05, 0.1) is 0 Å². The molecule has 0 radical (unpaired) electrons. The number of thioether (sulfide) groups is 2. The molecule has 0 N–H and O–H groups in total. The molecule has 1 fully saturated rings. The molecule has 0 aromatic carbocycles. The van der Waals surface area contributed by atoms with Crippen molar-refractivity contribution in [2.24, 2.45) is 17.8 Å². The van der Waals surface area contributed by atoms with Crippen molar-refractivity contribution in [3.05, 3.63) is 0 Å². The topological polar surface area (TPSA) is 0 Å². The largest absolute Gasteiger partial charge is 0.179 e. The smallest absolute Gasteiger partial charge is 0.00757 e. The molecule has 1 aliphatic rings. The highest BCUT2D eigenvalue weighted by atomic mass is 32.2. The Bertz CT molecular complexity index is 210. The van der Waals surface area contributed by atoms with Crippen molar-refractivity contribution in [2.75, 3.05) is 28.8 Å². The monoisotopic (exact) mass is 324 g/mol. The van der Waals surface area contributed by atoms with E-state index in [1.165, 1.54) is 36.5 Å². The molecule has 4 unspecified atom stereocenters. The third-order valence-corrected chi connectivity index (χ3v) is 7.84. The molecular formula is C14H28S4. The fraction of sp³-hybridized carbons (Fsp3) is 1.00. The van der Waals surface area contributed by atoms with Crippen molar-refractivity contribution in [2.45, 2.75) is 38.4 Å². The highest BCUT2D eigenvalue weighted by molar-refractivity contribution is 8.00. The van der Waals surface area contributed by atoms with Crippen molar-refractivity contribution >= 4 is 48.8 Å². The number of hydrogen-bond acceptors (Lipinski definition) is 4. The first kappa shape index (κ1) is 17.5. The first-order valence-electron chi connectivity index (χ1n) is 7.10. The van der Waals surface area contributed by atoms with Crippen LogP contribution in [0.15, 0.2) is 0 Å². The van der Waals surface area contributed by atoms with Crippen LogP contribution in [-0.2, 0) is 0 Å². The molecule has 0 nitrogen and oxygen atoms in total. The Morgan fingerprint density at radius 1 is 1.17 bits per heavy atom. The van der Waals surface area contributed by atoms with Crippen LogP contribution in [0, 0.1) is 17.8 Å². The van der Waals surface area contributed by atoms with Crippen LogP contribution in [0.1, 0.15) is 33.1 Å². The second kappa shape index (κ2) is 10.2. The number of hydrogen-bond donors (Lipinski definition) is 2. The Hall–Kier alpha value is 1.40. The van der Waals surface area contributed by atoms with E-state index < -0.39 is 0 Å². The zero-order chi connectivity index (χ0) is 13.4. The fourth-order valence-electron chi connectivity index (χ4n) is 2.73. The second-order valence-electron chi connectivity index (χ2n) is 5.46. The Morgan fingerprint density at radius 3 is 2.56 bits per heavy atom. The van der Waals surface area contributed by atoms with Crippen LogP contribution >= 0.6 is 48.8 Å². The summed E-state index contributed by atoms with van der Waals surface area (Å²) in [5, 5.41) is 0.883. The number of thiol groups is 2. The summed E-state index contributed by atoms with van der Waals surface area (Å²) in [5.74, 6) is 8.51. The lowest BCUT2D eigenvalue weighted by molar-refractivity contribution is 0.245. The SMILES string of the molecule is CC(CSCCS)C1CCC(C)C(SCCS)C1. The lowest BCUT2D eigenvalue weighted by atomic mass is 9.77. The lowest BCUT2D eigenvalue weighted by Gasteiger charge is -2.36. The van der Waals surface area contributed by atoms with E-state index in [4.69, 9.17) is 0 Å². The summed E-state index contributed by atoms with van der Waals surface area (Å²) in [4.78, 5) is 0. The quantitative estimate of drug-likeness (QED) is 0.488. The Labute approximate surface area is 133 Å². The van der Waals surface area contributed by atoms with E-state index in [0.717, 1.165) is 34.5 Å². The third kappa shape index (κ3) is 6.23. The molecular weight excluding hydrogens is 296 g/mol. The molecule has 0 spiro atoms. The van der Waals surface area contributed by atoms with Crippen LogP contribution in [0.2, 0.25) is 0 Å². The van der Waals surface area contributed by atoms with Crippen LogP contribution in [0.4, 0.5) is 0 Å². The van der Waals surface area contributed by atoms with Crippen LogP contribution in [0.5, 0.6) is 0 Å². The van der Waals surface area contributed by atoms with E-state index in [0.29, 0.717) is 0 Å². The minimum absolute atomic E-state index is 0.876. The van der Waals surface area contributed by atoms with Gasteiger partial charge in [0.1, 0.15) is 0 Å². The van der Waals surface area contributed by atoms with Gasteiger partial charge >= 0.3 is 0 Å². The normalized spacial score (nSPS) is 30.3. The molecule has 1 saturated carbocycles. The van der Waals surface area contributed by atoms with E-state index in [1.807, 2.05) is 0 Å². The van der Waals surface area contributed by atoms with Crippen molar-refractivity contribution in [3.63, 3.8) is 0 Å². The highest BCUT2D eigenvalue weighted by Gasteiger charge is 2.30. The van der Waals surface area contributed by atoms with Gasteiger partial charge in [0.25, 0.3) is 0 Å². The zero-order valence-corrected chi connectivity index (χ0v) is 15.1. The molecule has 0 heterocycles. The Kier molecular flexibility index (Phi) is 9.86. The van der Waals surface area contributed by atoms with Crippen molar-refractivity contribution in [1.82, 2.24) is 0 Å². The predicted octanol–water partition coefficient (Wildman–Crippen LogP) is 4.75. The van der Waals surface area contributed by atoms with Gasteiger partial charge in [-0.1, -0.05) is 13.8 Å². The summed E-state index contributed by atoms with van der Waals surface area (Å²) in [6.45, 7) is 4.89. The molecule has 4 heteroatoms. The van der Waals surface area contributed by atoms with Crippen LogP contribution < -0.4 is 0 Å². The van der Waals surface area contributed by atoms with Gasteiger partial charge in [-0.3, -0.25) is 0 Å². The minimum atomic E-state index is 0.876. The molecule has 4 atom stereocenters. The van der Waals surface area contributed by atoms with Crippen molar-refractivity contribution < 1.29 is 0 Å². The van der Waals surface area contributed by atoms with Crippen molar-refractivity contribution in [3.8, 4) is 0 Å². The number of rotatable bonds is 8. The molecule has 0 bridgehead atoms. The Balaban J connectivity index is 2.33. The predicted molar refractivity (Wildman–Crippen MR) is 96.9 cm³/mol. The minimum Gasteiger partial charge on any atom is -0.179 e. The zero-order valence-electron chi connectivity index (χ0n) is 11.7. The van der Waals surface area contributed by atoms with E-state index in [9.17, 15) is 0 Å². The van der Waals surface area contributed by atoms with E-state index >= 15 is 0 Å². The summed E-state index contributed by atoms with van der Waals surface area (Å²) in [6, 6.07) is 0. The fourth-order valence-corrected chi connectivity index (χ4v) is 5.63. The first-order chi connectivity index (χ1) is 8.69. The van der Waals surface area contributed by atoms with Gasteiger partial charge < -0.3 is 0 Å². The molecule has 0 aliphatic heterocycles. The molecule has 108 valence electrons. The van der Waals surface area contributed by atoms with Crippen LogP contribution in [-0.4, -0.2) is 34.0 Å². The average Bonchev–Trinajstić information content (AvgIpc) is 2.38. The van der Waals surface area contributed by atoms with Gasteiger partial charge in [-0.2, -0.15) is 48.8 Å². The van der Waals surface area contributed by atoms with E-state index in [1.54, 1.807) is 0 Å². The maximum Gasteiger partial charge on any atom is 0.00757 e. The second-order valence-corrected chi connectivity index (χ2v) is 8.85. The standard InChI is InChI=1S/C14H28S4/c1-11-3-4-13(9-14(11)18-8-6-16)12(2)10-17-7-5-15/h11-16H,3-10H2,1-2H3. The summed E-state index contributed by atoms with van der Waals surface area (Å²) in [6.07, 6.45) is 4.31. The van der Waals surface area contributed by atoms with Gasteiger partial charge in [-0.15, -0.1) is 0 Å². The molecule has 1 rings (SSSR count). The summed E-state index contributed by atoms with van der Waals surface area (Å²) >= 11 is 12.9. The molecule has 1 aliphatic carbocycles. The molecule has 0 aromatic heterocycles. The van der Waals surface area contributed by atoms with Gasteiger partial charge in [0.15, 0.2) is 0 Å². The van der Waals surface area contributed by atoms with E-state index in [2.05, 4.69) is 62.6 Å². The van der Waals surface area contributed by atoms with Gasteiger partial charge in [-0.05, 0) is 54.3 Å². The molecule has 0 saturated heterocycles. The van der Waals surface area contributed by atoms with E-state index in [-0.39, 0.29) is 0 Å². The summed E-state index contributed by atoms with van der Waals surface area (Å²) < 4.78 is 0. The van der Waals surface area contributed by atoms with Crippen molar-refractivity contribution in [1.29, 1.82) is 0 Å². The molecule has 0 amide bonds. The van der Waals surface area contributed by atoms with Gasteiger partial charge in [0.2, 0.25) is 0 Å². The van der Waals surface area contributed by atoms with Gasteiger partial charge in [-0.25, -0.2) is 0 Å². The highest BCUT2D eigenvalue weighted by Crippen LogP contribution is 2.40. The molecule has 0 aromatic rings. The summed E-state index contributed by atoms with van der Waals surface area (Å²) in [5.41, 5.74) is 0. The Morgan fingerprint density at radius 2 is 1.89 bits per heavy atom. The average molecular weight is 325 g/mol. The summed E-state index contributed by atoms with van der Waals surface area (Å²) in [7, 11) is 0. The maximum absolute atomic E-state index is 4.34. The lowest BCUT2D eigenvalue weighted by Crippen LogP contribution is -2.29. The molecule has 18 heavy (non-hydrogen) atoms. The first-order valence-corrected chi connectivity index (χ1v) is 10.6. The van der Waals surface area contributed by atoms with Gasteiger partial charge in [0, 0.05) is 16.8 Å².